The molecule has 0 radical (unpaired) electrons. The molecule has 1 N–H and O–H groups in total. The zero-order valence-electron chi connectivity index (χ0n) is 9.77. The number of ketones is 1. The number of nitrogens with one attached hydrogen (secondary N) is 1. The van der Waals surface area contributed by atoms with Crippen LogP contribution in [0.4, 0.5) is 0 Å². The number of hydrogen-bond donors (Lipinski definition) is 1. The molecule has 1 heterocycles. The zero-order chi connectivity index (χ0) is 12.8. The second kappa shape index (κ2) is 6.42. The Morgan fingerprint density at radius 1 is 1.22 bits per heavy atom. The van der Waals surface area contributed by atoms with Crippen LogP contribution in [0.25, 0.3) is 0 Å². The molecule has 0 spiro atoms. The number of pyridine rings is 1. The monoisotopic (exact) mass is 304 g/mol. The van der Waals surface area contributed by atoms with Gasteiger partial charge in [-0.25, -0.2) is 0 Å². The van der Waals surface area contributed by atoms with Crippen molar-refractivity contribution < 1.29 is 4.79 Å². The molecule has 4 heteroatoms. The van der Waals surface area contributed by atoms with E-state index < -0.39 is 0 Å². The lowest BCUT2D eigenvalue weighted by molar-refractivity contribution is 0.0991. The Morgan fingerprint density at radius 3 is 2.67 bits per heavy atom. The van der Waals surface area contributed by atoms with Crippen LogP contribution in [0.2, 0.25) is 0 Å². The van der Waals surface area contributed by atoms with Crippen LogP contribution < -0.4 is 5.32 Å². The molecular formula is C14H13BrN2O. The van der Waals surface area contributed by atoms with Gasteiger partial charge in [-0.2, -0.15) is 0 Å². The molecule has 92 valence electrons. The van der Waals surface area contributed by atoms with Crippen LogP contribution in [0.1, 0.15) is 15.9 Å². The van der Waals surface area contributed by atoms with Crippen molar-refractivity contribution in [2.45, 2.75) is 6.54 Å². The number of hydrogen-bond acceptors (Lipinski definition) is 3. The van der Waals surface area contributed by atoms with E-state index in [1.165, 1.54) is 0 Å². The Hall–Kier alpha value is -1.52. The summed E-state index contributed by atoms with van der Waals surface area (Å²) in [7, 11) is 0. The van der Waals surface area contributed by atoms with E-state index in [4.69, 9.17) is 0 Å². The summed E-state index contributed by atoms with van der Waals surface area (Å²) in [5.74, 6) is 0.0893. The van der Waals surface area contributed by atoms with Gasteiger partial charge in [-0.05, 0) is 23.8 Å². The van der Waals surface area contributed by atoms with E-state index in [1.54, 1.807) is 12.4 Å². The normalized spacial score (nSPS) is 10.3. The van der Waals surface area contributed by atoms with E-state index in [-0.39, 0.29) is 5.78 Å². The Morgan fingerprint density at radius 2 is 2.00 bits per heavy atom. The zero-order valence-corrected chi connectivity index (χ0v) is 11.4. The summed E-state index contributed by atoms with van der Waals surface area (Å²) >= 11 is 3.34. The quantitative estimate of drug-likeness (QED) is 0.864. The van der Waals surface area contributed by atoms with E-state index in [0.29, 0.717) is 13.1 Å². The smallest absolute Gasteiger partial charge is 0.176 e. The number of nitrogens with zero attached hydrogens (tertiary/aromatic N) is 1. The molecule has 0 aliphatic heterocycles. The molecule has 0 atom stereocenters. The molecule has 1 aromatic heterocycles. The molecular weight excluding hydrogens is 292 g/mol. The van der Waals surface area contributed by atoms with E-state index in [9.17, 15) is 4.79 Å². The molecule has 0 aliphatic rings. The van der Waals surface area contributed by atoms with Gasteiger partial charge in [0, 0.05) is 29.0 Å². The van der Waals surface area contributed by atoms with Gasteiger partial charge in [0.25, 0.3) is 0 Å². The van der Waals surface area contributed by atoms with Crippen molar-refractivity contribution in [2.75, 3.05) is 6.54 Å². The van der Waals surface area contributed by atoms with Gasteiger partial charge in [0.05, 0.1) is 6.54 Å². The molecule has 18 heavy (non-hydrogen) atoms. The van der Waals surface area contributed by atoms with E-state index in [1.807, 2.05) is 36.4 Å². The molecule has 1 aromatic carbocycles. The molecule has 0 bridgehead atoms. The van der Waals surface area contributed by atoms with Gasteiger partial charge < -0.3 is 5.32 Å². The average molecular weight is 305 g/mol. The Labute approximate surface area is 114 Å². The van der Waals surface area contributed by atoms with Crippen LogP contribution in [0.3, 0.4) is 0 Å². The number of carbonyl (C=O) groups excluding carboxylic acids is 1. The molecule has 0 saturated heterocycles. The first-order valence-corrected chi connectivity index (χ1v) is 6.43. The fourth-order valence-electron chi connectivity index (χ4n) is 1.56. The number of rotatable bonds is 5. The minimum Gasteiger partial charge on any atom is -0.306 e. The van der Waals surface area contributed by atoms with E-state index >= 15 is 0 Å². The predicted octanol–water partition coefficient (Wildman–Crippen LogP) is 2.82. The molecule has 0 aliphatic carbocycles. The minimum atomic E-state index is 0.0893. The van der Waals surface area contributed by atoms with Gasteiger partial charge in [0.2, 0.25) is 0 Å². The lowest BCUT2D eigenvalue weighted by atomic mass is 10.1. The van der Waals surface area contributed by atoms with Crippen molar-refractivity contribution >= 4 is 21.7 Å². The van der Waals surface area contributed by atoms with Gasteiger partial charge in [-0.15, -0.1) is 0 Å². The second-order valence-corrected chi connectivity index (χ2v) is 4.81. The average Bonchev–Trinajstić information content (AvgIpc) is 2.40. The molecule has 0 amide bonds. The summed E-state index contributed by atoms with van der Waals surface area (Å²) < 4.78 is 0.974. The summed E-state index contributed by atoms with van der Waals surface area (Å²) in [5, 5.41) is 3.11. The maximum Gasteiger partial charge on any atom is 0.176 e. The third kappa shape index (κ3) is 3.75. The Balaban J connectivity index is 1.84. The first-order valence-electron chi connectivity index (χ1n) is 5.64. The van der Waals surface area contributed by atoms with Crippen LogP contribution in [0.15, 0.2) is 53.3 Å². The summed E-state index contributed by atoms with van der Waals surface area (Å²) in [4.78, 5) is 15.9. The van der Waals surface area contributed by atoms with Gasteiger partial charge in [-0.3, -0.25) is 9.78 Å². The van der Waals surface area contributed by atoms with Crippen LogP contribution in [-0.4, -0.2) is 17.3 Å². The second-order valence-electron chi connectivity index (χ2n) is 3.89. The molecule has 3 nitrogen and oxygen atoms in total. The molecule has 2 aromatic rings. The summed E-state index contributed by atoms with van der Waals surface area (Å²) in [6.07, 6.45) is 3.52. The minimum absolute atomic E-state index is 0.0893. The van der Waals surface area contributed by atoms with Gasteiger partial charge in [0.1, 0.15) is 0 Å². The molecule has 2 rings (SSSR count). The van der Waals surface area contributed by atoms with Crippen molar-refractivity contribution in [2.24, 2.45) is 0 Å². The largest absolute Gasteiger partial charge is 0.306 e. The molecule has 0 saturated carbocycles. The highest BCUT2D eigenvalue weighted by Crippen LogP contribution is 2.10. The highest BCUT2D eigenvalue weighted by molar-refractivity contribution is 9.10. The lowest BCUT2D eigenvalue weighted by Crippen LogP contribution is -2.22. The number of carbonyl (C=O) groups is 1. The first kappa shape index (κ1) is 12.9. The van der Waals surface area contributed by atoms with Gasteiger partial charge in [0.15, 0.2) is 5.78 Å². The Kier molecular flexibility index (Phi) is 4.61. The van der Waals surface area contributed by atoms with Gasteiger partial charge in [-0.1, -0.05) is 34.1 Å². The third-order valence-corrected chi connectivity index (χ3v) is 3.03. The van der Waals surface area contributed by atoms with Crippen molar-refractivity contribution in [3.63, 3.8) is 0 Å². The third-order valence-electron chi connectivity index (χ3n) is 2.50. The molecule has 0 unspecified atom stereocenters. The number of Topliss-reactive ketones (excluding diaryl/α,β-unsaturated/α-hetero) is 1. The van der Waals surface area contributed by atoms with E-state index in [2.05, 4.69) is 26.2 Å². The van der Waals surface area contributed by atoms with Crippen LogP contribution in [0.5, 0.6) is 0 Å². The van der Waals surface area contributed by atoms with Crippen molar-refractivity contribution in [1.82, 2.24) is 10.3 Å². The van der Waals surface area contributed by atoms with Gasteiger partial charge >= 0.3 is 0 Å². The topological polar surface area (TPSA) is 42.0 Å². The van der Waals surface area contributed by atoms with Crippen LogP contribution in [0, 0.1) is 0 Å². The number of benzene rings is 1. The van der Waals surface area contributed by atoms with Crippen molar-refractivity contribution in [3.8, 4) is 0 Å². The number of aromatic nitrogens is 1. The highest BCUT2D eigenvalue weighted by Gasteiger charge is 2.04. The standard InChI is InChI=1S/C14H13BrN2O/c15-13-5-3-12(4-6-13)14(18)10-17-9-11-2-1-7-16-8-11/h1-8,17H,9-10H2. The molecule has 0 fully saturated rings. The number of halogens is 1. The van der Waals surface area contributed by atoms with E-state index in [0.717, 1.165) is 15.6 Å². The maximum atomic E-state index is 11.9. The lowest BCUT2D eigenvalue weighted by Gasteiger charge is -2.04. The highest BCUT2D eigenvalue weighted by atomic mass is 79.9. The van der Waals surface area contributed by atoms with Crippen molar-refractivity contribution in [3.05, 3.63) is 64.4 Å². The fraction of sp³-hybridized carbons (Fsp3) is 0.143. The fourth-order valence-corrected chi connectivity index (χ4v) is 1.83. The van der Waals surface area contributed by atoms with Crippen LogP contribution >= 0.6 is 15.9 Å². The maximum absolute atomic E-state index is 11.9. The van der Waals surface area contributed by atoms with Crippen molar-refractivity contribution in [1.29, 1.82) is 0 Å². The predicted molar refractivity (Wildman–Crippen MR) is 74.4 cm³/mol. The summed E-state index contributed by atoms with van der Waals surface area (Å²) in [5.41, 5.74) is 1.79. The first-order chi connectivity index (χ1) is 8.75. The summed E-state index contributed by atoms with van der Waals surface area (Å²) in [6, 6.07) is 11.2. The summed E-state index contributed by atoms with van der Waals surface area (Å²) in [6.45, 7) is 0.979. The SMILES string of the molecule is O=C(CNCc1cccnc1)c1ccc(Br)cc1. The Bertz CT molecular complexity index is 511. The van der Waals surface area contributed by atoms with Crippen LogP contribution in [-0.2, 0) is 6.54 Å².